The van der Waals surface area contributed by atoms with Crippen LogP contribution in [0.5, 0.6) is 0 Å². The van der Waals surface area contributed by atoms with E-state index in [1.54, 1.807) is 4.72 Å². The van der Waals surface area contributed by atoms with Crippen LogP contribution in [-0.2, 0) is 28.7 Å². The molecular weight excluding hydrogens is 537 g/mol. The van der Waals surface area contributed by atoms with E-state index in [9.17, 15) is 43.9 Å². The quantitative estimate of drug-likeness (QED) is 0.390. The number of hydrogen-bond donors (Lipinski definition) is 1. The van der Waals surface area contributed by atoms with Crippen molar-refractivity contribution in [1.29, 1.82) is 0 Å². The summed E-state index contributed by atoms with van der Waals surface area (Å²) in [5.74, 6) is -6.94. The molecule has 1 atom stereocenters. The van der Waals surface area contributed by atoms with Gasteiger partial charge in [-0.15, -0.1) is 0 Å². The maximum absolute atomic E-state index is 14.9. The molecule has 37 heavy (non-hydrogen) atoms. The van der Waals surface area contributed by atoms with Gasteiger partial charge in [0.1, 0.15) is 23.4 Å². The Morgan fingerprint density at radius 3 is 2.38 bits per heavy atom. The number of imidazole rings is 1. The highest BCUT2D eigenvalue weighted by Gasteiger charge is 2.52. The van der Waals surface area contributed by atoms with Crippen molar-refractivity contribution in [2.24, 2.45) is 0 Å². The highest BCUT2D eigenvalue weighted by atomic mass is 32.2. The fraction of sp³-hybridized carbons (Fsp3) is 0.238. The number of alkyl halides is 5. The monoisotopic (exact) mass is 550 g/mol. The van der Waals surface area contributed by atoms with Gasteiger partial charge in [0, 0.05) is 11.8 Å². The Hall–Kier alpha value is -3.66. The lowest BCUT2D eigenvalue weighted by Crippen LogP contribution is -2.44. The summed E-state index contributed by atoms with van der Waals surface area (Å²) in [6.07, 6.45) is -3.69. The van der Waals surface area contributed by atoms with Gasteiger partial charge in [-0.1, -0.05) is 11.2 Å². The van der Waals surface area contributed by atoms with Crippen LogP contribution in [0.3, 0.4) is 0 Å². The second-order valence-corrected chi connectivity index (χ2v) is 10.1. The Labute approximate surface area is 201 Å². The molecule has 2 aromatic carbocycles. The summed E-state index contributed by atoms with van der Waals surface area (Å²) in [7, 11) is -4.07. The van der Waals surface area contributed by atoms with Crippen LogP contribution in [0.4, 0.5) is 30.7 Å². The van der Waals surface area contributed by atoms with Gasteiger partial charge in [0.05, 0.1) is 29.3 Å². The molecule has 0 unspecified atom stereocenters. The number of sulfonamides is 1. The zero-order valence-corrected chi connectivity index (χ0v) is 19.1. The van der Waals surface area contributed by atoms with Crippen LogP contribution in [0.1, 0.15) is 11.3 Å². The third-order valence-corrected chi connectivity index (χ3v) is 6.54. The van der Waals surface area contributed by atoms with Gasteiger partial charge in [0.25, 0.3) is 0 Å². The predicted octanol–water partition coefficient (Wildman–Crippen LogP) is 3.77. The van der Waals surface area contributed by atoms with Crippen molar-refractivity contribution in [3.8, 4) is 16.9 Å². The molecule has 0 radical (unpaired) electrons. The molecule has 16 heteroatoms. The van der Waals surface area contributed by atoms with Gasteiger partial charge in [-0.25, -0.2) is 31.3 Å². The Bertz CT molecular complexity index is 1720. The highest BCUT2D eigenvalue weighted by Crippen LogP contribution is 2.42. The van der Waals surface area contributed by atoms with Crippen molar-refractivity contribution in [2.75, 3.05) is 6.26 Å². The van der Waals surface area contributed by atoms with Crippen LogP contribution < -0.4 is 10.4 Å². The van der Waals surface area contributed by atoms with Gasteiger partial charge in [0.2, 0.25) is 10.0 Å². The molecule has 4 aromatic rings. The van der Waals surface area contributed by atoms with Gasteiger partial charge in [-0.3, -0.25) is 4.57 Å². The van der Waals surface area contributed by atoms with Crippen LogP contribution in [-0.4, -0.2) is 35.0 Å². The Balaban J connectivity index is 1.76. The summed E-state index contributed by atoms with van der Waals surface area (Å²) in [4.78, 5) is 13.0. The van der Waals surface area contributed by atoms with E-state index in [0.29, 0.717) is 33.7 Å². The summed E-state index contributed by atoms with van der Waals surface area (Å²) in [6, 6.07) is 1.52. The average Bonchev–Trinajstić information content (AvgIpc) is 3.39. The number of halogens is 7. The average molecular weight is 550 g/mol. The lowest BCUT2D eigenvalue weighted by Gasteiger charge is -2.18. The molecule has 196 valence electrons. The molecule has 0 bridgehead atoms. The van der Waals surface area contributed by atoms with Crippen LogP contribution >= 0.6 is 0 Å². The second kappa shape index (κ2) is 7.92. The SMILES string of the molecule is CS(=O)(=O)N[C@@H]1Cn2c(cn(-c3noc4cc(C(F)(F)F)cc(-c5c(F)cccc5F)c34)c2=O)C1(F)F. The van der Waals surface area contributed by atoms with Gasteiger partial charge in [0.15, 0.2) is 11.4 Å². The normalized spacial score (nSPS) is 17.5. The molecule has 1 aliphatic rings. The van der Waals surface area contributed by atoms with Gasteiger partial charge in [-0.05, 0) is 24.3 Å². The minimum Gasteiger partial charge on any atom is -0.354 e. The van der Waals surface area contributed by atoms with Crippen molar-refractivity contribution in [2.45, 2.75) is 24.7 Å². The van der Waals surface area contributed by atoms with Gasteiger partial charge in [-0.2, -0.15) is 22.0 Å². The van der Waals surface area contributed by atoms with Crippen LogP contribution in [0.2, 0.25) is 0 Å². The van der Waals surface area contributed by atoms with Crippen molar-refractivity contribution in [3.63, 3.8) is 0 Å². The molecule has 0 fully saturated rings. The number of nitrogens with one attached hydrogen (secondary N) is 1. The Kier molecular flexibility index (Phi) is 5.35. The molecular formula is C21H13F7N4O4S. The summed E-state index contributed by atoms with van der Waals surface area (Å²) in [5.41, 5.74) is -5.61. The summed E-state index contributed by atoms with van der Waals surface area (Å²) >= 11 is 0. The molecule has 8 nitrogen and oxygen atoms in total. The van der Waals surface area contributed by atoms with E-state index in [4.69, 9.17) is 4.52 Å². The van der Waals surface area contributed by atoms with E-state index < -0.39 is 91.2 Å². The first-order valence-corrected chi connectivity index (χ1v) is 12.1. The van der Waals surface area contributed by atoms with Crippen molar-refractivity contribution >= 4 is 21.0 Å². The van der Waals surface area contributed by atoms with E-state index in [2.05, 4.69) is 5.16 Å². The number of fused-ring (bicyclic) bond motifs is 2. The minimum absolute atomic E-state index is 0.431. The summed E-state index contributed by atoms with van der Waals surface area (Å²) < 4.78 is 130. The topological polar surface area (TPSA) is 99.1 Å². The standard InChI is InChI=1S/C21H13F7N4O4S/c1-37(34,35)30-14-7-31-15(20(14,24)25)8-32(19(31)33)18-17-10(16-11(22)3-2-4-12(16)23)5-9(21(26,27)28)6-13(17)36-29-18/h2-6,8,14,30H,7H2,1H3/t14-/m1/s1. The number of rotatable bonds is 4. The van der Waals surface area contributed by atoms with E-state index >= 15 is 0 Å². The smallest absolute Gasteiger partial charge is 0.354 e. The molecule has 0 spiro atoms. The van der Waals surface area contributed by atoms with E-state index in [-0.39, 0.29) is 0 Å². The largest absolute Gasteiger partial charge is 0.416 e. The third-order valence-electron chi connectivity index (χ3n) is 5.82. The maximum Gasteiger partial charge on any atom is 0.416 e. The molecule has 0 amide bonds. The van der Waals surface area contributed by atoms with Gasteiger partial charge >= 0.3 is 17.8 Å². The Morgan fingerprint density at radius 2 is 1.81 bits per heavy atom. The first-order valence-electron chi connectivity index (χ1n) is 10.2. The molecule has 1 aliphatic heterocycles. The number of aromatic nitrogens is 3. The third kappa shape index (κ3) is 3.99. The number of hydrogen-bond acceptors (Lipinski definition) is 5. The van der Waals surface area contributed by atoms with Gasteiger partial charge < -0.3 is 4.52 Å². The zero-order valence-electron chi connectivity index (χ0n) is 18.3. The van der Waals surface area contributed by atoms with Crippen LogP contribution in [0, 0.1) is 11.6 Å². The lowest BCUT2D eigenvalue weighted by atomic mass is 9.97. The fourth-order valence-corrected chi connectivity index (χ4v) is 5.00. The molecule has 0 saturated heterocycles. The summed E-state index contributed by atoms with van der Waals surface area (Å²) in [6.45, 7) is -0.774. The Morgan fingerprint density at radius 1 is 1.16 bits per heavy atom. The molecule has 3 heterocycles. The molecule has 5 rings (SSSR count). The first-order chi connectivity index (χ1) is 17.1. The minimum atomic E-state index is -4.96. The predicted molar refractivity (Wildman–Crippen MR) is 114 cm³/mol. The number of nitrogens with zero attached hydrogens (tertiary/aromatic N) is 3. The number of benzene rings is 2. The lowest BCUT2D eigenvalue weighted by molar-refractivity contribution is -0.137. The fourth-order valence-electron chi connectivity index (χ4n) is 4.26. The van der Waals surface area contributed by atoms with E-state index in [1.807, 2.05) is 0 Å². The van der Waals surface area contributed by atoms with Crippen molar-refractivity contribution in [1.82, 2.24) is 19.0 Å². The van der Waals surface area contributed by atoms with Crippen LogP contribution in [0.25, 0.3) is 27.9 Å². The molecule has 0 saturated carbocycles. The molecule has 0 aliphatic carbocycles. The van der Waals surface area contributed by atoms with Crippen LogP contribution in [0.15, 0.2) is 45.8 Å². The van der Waals surface area contributed by atoms with E-state index in [0.717, 1.165) is 18.2 Å². The first kappa shape index (κ1) is 25.0. The van der Waals surface area contributed by atoms with E-state index in [1.165, 1.54) is 0 Å². The summed E-state index contributed by atoms with van der Waals surface area (Å²) in [5, 5.41) is 3.09. The highest BCUT2D eigenvalue weighted by molar-refractivity contribution is 7.88. The maximum atomic E-state index is 14.9. The zero-order chi connectivity index (χ0) is 27.1. The van der Waals surface area contributed by atoms with Crippen molar-refractivity contribution in [3.05, 3.63) is 69.9 Å². The second-order valence-electron chi connectivity index (χ2n) is 8.34. The van der Waals surface area contributed by atoms with Crippen molar-refractivity contribution < 1.29 is 43.7 Å². The molecule has 1 N–H and O–H groups in total. The molecule has 2 aromatic heterocycles.